The number of hydrogen-bond donors (Lipinski definition) is 2. The first-order valence-corrected chi connectivity index (χ1v) is 7.82. The monoisotopic (exact) mass is 291 g/mol. The molecule has 1 aromatic carbocycles. The Kier molecular flexibility index (Phi) is 7.23. The molecule has 0 aliphatic rings. The summed E-state index contributed by atoms with van der Waals surface area (Å²) in [6, 6.07) is 6.33. The number of likely N-dealkylation sites (N-methyl/N-ethyl adjacent to an activating group) is 1. The number of anilines is 1. The van der Waals surface area contributed by atoms with Crippen LogP contribution in [0.5, 0.6) is 0 Å². The lowest BCUT2D eigenvalue weighted by atomic mass is 10.1. The first-order valence-electron chi connectivity index (χ1n) is 7.82. The van der Waals surface area contributed by atoms with Gasteiger partial charge in [-0.3, -0.25) is 4.79 Å². The SMILES string of the molecule is CCNc1ccc(C(=O)NCCN(C)C(C)CC)cc1C. The van der Waals surface area contributed by atoms with E-state index in [9.17, 15) is 4.79 Å². The third kappa shape index (κ3) is 5.38. The van der Waals surface area contributed by atoms with Gasteiger partial charge in [0.1, 0.15) is 0 Å². The Morgan fingerprint density at radius 2 is 2.05 bits per heavy atom. The van der Waals surface area contributed by atoms with Gasteiger partial charge in [0.15, 0.2) is 0 Å². The number of hydrogen-bond acceptors (Lipinski definition) is 3. The third-order valence-corrected chi connectivity index (χ3v) is 3.95. The fourth-order valence-electron chi connectivity index (χ4n) is 2.17. The van der Waals surface area contributed by atoms with Crippen LogP contribution in [-0.2, 0) is 0 Å². The van der Waals surface area contributed by atoms with Crippen LogP contribution in [0, 0.1) is 6.92 Å². The van der Waals surface area contributed by atoms with E-state index in [4.69, 9.17) is 0 Å². The molecule has 0 heterocycles. The van der Waals surface area contributed by atoms with Gasteiger partial charge in [-0.1, -0.05) is 6.92 Å². The summed E-state index contributed by atoms with van der Waals surface area (Å²) in [5, 5.41) is 6.27. The van der Waals surface area contributed by atoms with Gasteiger partial charge in [0.2, 0.25) is 0 Å². The maximum absolute atomic E-state index is 12.1. The molecular formula is C17H29N3O. The van der Waals surface area contributed by atoms with E-state index in [0.717, 1.165) is 36.3 Å². The summed E-state index contributed by atoms with van der Waals surface area (Å²) < 4.78 is 0. The molecule has 0 saturated heterocycles. The predicted molar refractivity (Wildman–Crippen MR) is 90.1 cm³/mol. The highest BCUT2D eigenvalue weighted by Gasteiger charge is 2.09. The van der Waals surface area contributed by atoms with Crippen molar-refractivity contribution in [3.8, 4) is 0 Å². The van der Waals surface area contributed by atoms with Gasteiger partial charge < -0.3 is 15.5 Å². The normalized spacial score (nSPS) is 12.3. The number of nitrogens with zero attached hydrogens (tertiary/aromatic N) is 1. The molecule has 0 radical (unpaired) electrons. The number of carbonyl (C=O) groups excluding carboxylic acids is 1. The average molecular weight is 291 g/mol. The van der Waals surface area contributed by atoms with Gasteiger partial charge in [0.05, 0.1) is 0 Å². The maximum atomic E-state index is 12.1. The van der Waals surface area contributed by atoms with E-state index < -0.39 is 0 Å². The molecule has 0 aliphatic heterocycles. The van der Waals surface area contributed by atoms with Crippen LogP contribution < -0.4 is 10.6 Å². The molecule has 2 N–H and O–H groups in total. The quantitative estimate of drug-likeness (QED) is 0.774. The minimum atomic E-state index is -0.00120. The number of carbonyl (C=O) groups is 1. The number of aryl methyl sites for hydroxylation is 1. The lowest BCUT2D eigenvalue weighted by Gasteiger charge is -2.23. The number of benzene rings is 1. The molecule has 1 rings (SSSR count). The molecule has 0 bridgehead atoms. The van der Waals surface area contributed by atoms with Crippen molar-refractivity contribution in [2.45, 2.75) is 40.2 Å². The fraction of sp³-hybridized carbons (Fsp3) is 0.588. The van der Waals surface area contributed by atoms with Crippen molar-refractivity contribution in [3.05, 3.63) is 29.3 Å². The van der Waals surface area contributed by atoms with Crippen LogP contribution in [0.2, 0.25) is 0 Å². The van der Waals surface area contributed by atoms with Crippen LogP contribution in [0.15, 0.2) is 18.2 Å². The molecule has 0 aromatic heterocycles. The van der Waals surface area contributed by atoms with E-state index in [1.807, 2.05) is 25.1 Å². The topological polar surface area (TPSA) is 44.4 Å². The molecule has 1 unspecified atom stereocenters. The molecule has 4 heteroatoms. The van der Waals surface area contributed by atoms with Gasteiger partial charge in [-0.15, -0.1) is 0 Å². The Bertz CT molecular complexity index is 459. The summed E-state index contributed by atoms with van der Waals surface area (Å²) in [5.74, 6) is -0.00120. The number of nitrogens with one attached hydrogen (secondary N) is 2. The lowest BCUT2D eigenvalue weighted by molar-refractivity contribution is 0.0947. The van der Waals surface area contributed by atoms with Crippen molar-refractivity contribution in [1.29, 1.82) is 0 Å². The molecule has 0 aliphatic carbocycles. The van der Waals surface area contributed by atoms with Crippen molar-refractivity contribution in [2.75, 3.05) is 32.0 Å². The van der Waals surface area contributed by atoms with Crippen LogP contribution in [-0.4, -0.2) is 43.5 Å². The van der Waals surface area contributed by atoms with Gasteiger partial charge in [-0.25, -0.2) is 0 Å². The van der Waals surface area contributed by atoms with Crippen LogP contribution in [0.25, 0.3) is 0 Å². The molecule has 1 aromatic rings. The minimum Gasteiger partial charge on any atom is -0.385 e. The molecule has 4 nitrogen and oxygen atoms in total. The standard InChI is InChI=1S/C17H29N3O/c1-6-14(4)20(5)11-10-19-17(21)15-8-9-16(18-7-2)13(3)12-15/h8-9,12,14,18H,6-7,10-11H2,1-5H3,(H,19,21). The Morgan fingerprint density at radius 3 is 2.62 bits per heavy atom. The summed E-state index contributed by atoms with van der Waals surface area (Å²) in [6.07, 6.45) is 1.12. The van der Waals surface area contributed by atoms with Crippen molar-refractivity contribution in [2.24, 2.45) is 0 Å². The second kappa shape index (κ2) is 8.67. The molecule has 0 saturated carbocycles. The Labute approximate surface area is 128 Å². The van der Waals surface area contributed by atoms with Crippen LogP contribution >= 0.6 is 0 Å². The van der Waals surface area contributed by atoms with Crippen molar-refractivity contribution in [3.63, 3.8) is 0 Å². The van der Waals surface area contributed by atoms with Crippen LogP contribution in [0.4, 0.5) is 5.69 Å². The van der Waals surface area contributed by atoms with E-state index >= 15 is 0 Å². The summed E-state index contributed by atoms with van der Waals surface area (Å²) in [4.78, 5) is 14.4. The number of amides is 1. The first kappa shape index (κ1) is 17.5. The van der Waals surface area contributed by atoms with Crippen LogP contribution in [0.3, 0.4) is 0 Å². The molecule has 21 heavy (non-hydrogen) atoms. The molecule has 1 atom stereocenters. The molecule has 0 spiro atoms. The van der Waals surface area contributed by atoms with Gasteiger partial charge in [-0.05, 0) is 58.0 Å². The first-order chi connectivity index (χ1) is 9.99. The Morgan fingerprint density at radius 1 is 1.33 bits per heavy atom. The van der Waals surface area contributed by atoms with Crippen LogP contribution in [0.1, 0.15) is 43.1 Å². The van der Waals surface area contributed by atoms with E-state index in [-0.39, 0.29) is 5.91 Å². The minimum absolute atomic E-state index is 0.00120. The van der Waals surface area contributed by atoms with Crippen molar-refractivity contribution < 1.29 is 4.79 Å². The van der Waals surface area contributed by atoms with E-state index in [1.165, 1.54) is 0 Å². The zero-order valence-corrected chi connectivity index (χ0v) is 14.0. The molecule has 0 fully saturated rings. The van der Waals surface area contributed by atoms with Gasteiger partial charge in [0, 0.05) is 36.9 Å². The van der Waals surface area contributed by atoms with E-state index in [0.29, 0.717) is 12.6 Å². The fourth-order valence-corrected chi connectivity index (χ4v) is 2.17. The largest absolute Gasteiger partial charge is 0.385 e. The lowest BCUT2D eigenvalue weighted by Crippen LogP contribution is -2.37. The summed E-state index contributed by atoms with van der Waals surface area (Å²) >= 11 is 0. The number of rotatable bonds is 8. The predicted octanol–water partition coefficient (Wildman–Crippen LogP) is 2.89. The summed E-state index contributed by atoms with van der Waals surface area (Å²) in [7, 11) is 2.09. The smallest absolute Gasteiger partial charge is 0.251 e. The molecule has 118 valence electrons. The zero-order chi connectivity index (χ0) is 15.8. The third-order valence-electron chi connectivity index (χ3n) is 3.95. The van der Waals surface area contributed by atoms with Crippen molar-refractivity contribution in [1.82, 2.24) is 10.2 Å². The van der Waals surface area contributed by atoms with Gasteiger partial charge >= 0.3 is 0 Å². The Balaban J connectivity index is 2.51. The average Bonchev–Trinajstić information content (AvgIpc) is 2.48. The second-order valence-corrected chi connectivity index (χ2v) is 5.55. The van der Waals surface area contributed by atoms with E-state index in [1.54, 1.807) is 0 Å². The highest BCUT2D eigenvalue weighted by molar-refractivity contribution is 5.94. The Hall–Kier alpha value is -1.55. The van der Waals surface area contributed by atoms with Crippen molar-refractivity contribution >= 4 is 11.6 Å². The van der Waals surface area contributed by atoms with Gasteiger partial charge in [0.25, 0.3) is 5.91 Å². The zero-order valence-electron chi connectivity index (χ0n) is 14.0. The highest BCUT2D eigenvalue weighted by Crippen LogP contribution is 2.16. The second-order valence-electron chi connectivity index (χ2n) is 5.55. The maximum Gasteiger partial charge on any atom is 0.251 e. The van der Waals surface area contributed by atoms with Gasteiger partial charge in [-0.2, -0.15) is 0 Å². The summed E-state index contributed by atoms with van der Waals surface area (Å²) in [6.45, 7) is 10.9. The highest BCUT2D eigenvalue weighted by atomic mass is 16.1. The molecule has 1 amide bonds. The van der Waals surface area contributed by atoms with E-state index in [2.05, 4.69) is 43.4 Å². The molecular weight excluding hydrogens is 262 g/mol. The summed E-state index contributed by atoms with van der Waals surface area (Å²) in [5.41, 5.74) is 2.91.